The van der Waals surface area contributed by atoms with Crippen molar-refractivity contribution in [3.8, 4) is 0 Å². The van der Waals surface area contributed by atoms with Gasteiger partial charge in [0.05, 0.1) is 6.04 Å². The molecular weight excluding hydrogens is 214 g/mol. The average molecular weight is 224 g/mol. The van der Waals surface area contributed by atoms with E-state index in [1.807, 2.05) is 36.4 Å². The van der Waals surface area contributed by atoms with Crippen LogP contribution in [0, 0.1) is 0 Å². The number of hydrogen-bond acceptors (Lipinski definition) is 1. The standard InChI is InChI=1S/C14H10NO2/c16-8-15-12-7-13(17)11-6-2-4-9-3-1-5-10(12)14(9)11/h1-8,12H,(H,15,16). The number of amides is 1. The molecule has 2 aromatic carbocycles. The minimum absolute atomic E-state index is 0.0337. The maximum Gasteiger partial charge on any atom is 0.207 e. The van der Waals surface area contributed by atoms with Crippen molar-refractivity contribution in [1.29, 1.82) is 0 Å². The zero-order valence-electron chi connectivity index (χ0n) is 9.01. The van der Waals surface area contributed by atoms with Crippen molar-refractivity contribution in [2.24, 2.45) is 0 Å². The lowest BCUT2D eigenvalue weighted by Crippen LogP contribution is -2.20. The van der Waals surface area contributed by atoms with E-state index in [0.717, 1.165) is 16.3 Å². The molecule has 83 valence electrons. The topological polar surface area (TPSA) is 49.0 Å². The molecule has 1 aliphatic carbocycles. The predicted molar refractivity (Wildman–Crippen MR) is 64.6 cm³/mol. The zero-order chi connectivity index (χ0) is 11.8. The Kier molecular flexibility index (Phi) is 2.11. The van der Waals surface area contributed by atoms with Gasteiger partial charge in [-0.2, -0.15) is 0 Å². The van der Waals surface area contributed by atoms with Crippen LogP contribution in [0.3, 0.4) is 0 Å². The van der Waals surface area contributed by atoms with Crippen LogP contribution in [0.5, 0.6) is 0 Å². The first kappa shape index (κ1) is 9.90. The highest BCUT2D eigenvalue weighted by molar-refractivity contribution is 5.97. The SMILES string of the molecule is [O]C1=CC(NC=O)c2cccc3cccc1c23. The van der Waals surface area contributed by atoms with Crippen LogP contribution in [-0.2, 0) is 9.90 Å². The van der Waals surface area contributed by atoms with Crippen LogP contribution in [0.4, 0.5) is 0 Å². The van der Waals surface area contributed by atoms with Crippen molar-refractivity contribution >= 4 is 22.9 Å². The second kappa shape index (κ2) is 3.63. The van der Waals surface area contributed by atoms with Crippen molar-refractivity contribution in [3.63, 3.8) is 0 Å². The molecular formula is C14H10NO2. The van der Waals surface area contributed by atoms with Gasteiger partial charge >= 0.3 is 0 Å². The number of hydrogen-bond donors (Lipinski definition) is 1. The molecule has 1 amide bonds. The van der Waals surface area contributed by atoms with Crippen molar-refractivity contribution < 1.29 is 9.90 Å². The van der Waals surface area contributed by atoms with Crippen molar-refractivity contribution in [3.05, 3.63) is 53.6 Å². The second-order valence-electron chi connectivity index (χ2n) is 4.04. The lowest BCUT2D eigenvalue weighted by molar-refractivity contribution is -0.109. The van der Waals surface area contributed by atoms with E-state index in [1.165, 1.54) is 0 Å². The molecule has 0 aliphatic heterocycles. The zero-order valence-corrected chi connectivity index (χ0v) is 9.01. The number of nitrogens with one attached hydrogen (secondary N) is 1. The second-order valence-corrected chi connectivity index (χ2v) is 4.04. The summed E-state index contributed by atoms with van der Waals surface area (Å²) in [6.45, 7) is 0. The van der Waals surface area contributed by atoms with Gasteiger partial charge in [-0.05, 0) is 22.4 Å². The van der Waals surface area contributed by atoms with E-state index < -0.39 is 0 Å². The van der Waals surface area contributed by atoms with Gasteiger partial charge in [0.25, 0.3) is 0 Å². The first-order valence-electron chi connectivity index (χ1n) is 5.42. The quantitative estimate of drug-likeness (QED) is 0.782. The Morgan fingerprint density at radius 1 is 1.12 bits per heavy atom. The normalized spacial score (nSPS) is 17.6. The minimum Gasteiger partial charge on any atom is -0.348 e. The van der Waals surface area contributed by atoms with Crippen LogP contribution in [0.25, 0.3) is 16.5 Å². The van der Waals surface area contributed by atoms with Crippen LogP contribution in [0.2, 0.25) is 0 Å². The van der Waals surface area contributed by atoms with Gasteiger partial charge in [0, 0.05) is 5.56 Å². The number of rotatable bonds is 2. The van der Waals surface area contributed by atoms with Crippen LogP contribution in [0.1, 0.15) is 17.2 Å². The van der Waals surface area contributed by atoms with Crippen LogP contribution in [0.15, 0.2) is 42.5 Å². The molecule has 1 atom stereocenters. The molecule has 0 fully saturated rings. The molecule has 0 spiro atoms. The fraction of sp³-hybridized carbons (Fsp3) is 0.0714. The minimum atomic E-state index is -0.321. The van der Waals surface area contributed by atoms with Crippen molar-refractivity contribution in [1.82, 2.24) is 5.32 Å². The summed E-state index contributed by atoms with van der Waals surface area (Å²) >= 11 is 0. The summed E-state index contributed by atoms with van der Waals surface area (Å²) in [5.74, 6) is -0.0337. The molecule has 0 bridgehead atoms. The molecule has 3 rings (SSSR count). The maximum atomic E-state index is 11.9. The highest BCUT2D eigenvalue weighted by Crippen LogP contribution is 2.36. The van der Waals surface area contributed by atoms with Gasteiger partial charge < -0.3 is 5.32 Å². The van der Waals surface area contributed by atoms with E-state index >= 15 is 0 Å². The molecule has 1 radical (unpaired) electrons. The van der Waals surface area contributed by atoms with Gasteiger partial charge in [0.2, 0.25) is 6.41 Å². The molecule has 2 aromatic rings. The van der Waals surface area contributed by atoms with Gasteiger partial charge in [-0.1, -0.05) is 36.4 Å². The largest absolute Gasteiger partial charge is 0.348 e. The van der Waals surface area contributed by atoms with E-state index in [2.05, 4.69) is 5.32 Å². The van der Waals surface area contributed by atoms with Crippen LogP contribution >= 0.6 is 0 Å². The summed E-state index contributed by atoms with van der Waals surface area (Å²) in [4.78, 5) is 10.6. The Balaban J connectivity index is 2.35. The predicted octanol–water partition coefficient (Wildman–Crippen LogP) is 2.41. The van der Waals surface area contributed by atoms with Crippen LogP contribution in [-0.4, -0.2) is 6.41 Å². The molecule has 0 saturated heterocycles. The Labute approximate surface area is 98.4 Å². The third-order valence-corrected chi connectivity index (χ3v) is 3.10. The third kappa shape index (κ3) is 1.40. The Morgan fingerprint density at radius 2 is 1.88 bits per heavy atom. The number of carbonyl (C=O) groups is 1. The summed E-state index contributed by atoms with van der Waals surface area (Å²) < 4.78 is 0. The fourth-order valence-corrected chi connectivity index (χ4v) is 2.38. The van der Waals surface area contributed by atoms with E-state index in [-0.39, 0.29) is 11.8 Å². The van der Waals surface area contributed by atoms with E-state index in [0.29, 0.717) is 12.0 Å². The number of benzene rings is 2. The molecule has 0 saturated carbocycles. The van der Waals surface area contributed by atoms with E-state index in [9.17, 15) is 9.90 Å². The highest BCUT2D eigenvalue weighted by Gasteiger charge is 2.22. The maximum absolute atomic E-state index is 11.9. The van der Waals surface area contributed by atoms with Gasteiger partial charge in [0.15, 0.2) is 5.76 Å². The van der Waals surface area contributed by atoms with Gasteiger partial charge in [-0.25, -0.2) is 0 Å². The summed E-state index contributed by atoms with van der Waals surface area (Å²) in [5.41, 5.74) is 1.69. The van der Waals surface area contributed by atoms with Gasteiger partial charge in [-0.15, -0.1) is 0 Å². The summed E-state index contributed by atoms with van der Waals surface area (Å²) in [5, 5.41) is 16.6. The van der Waals surface area contributed by atoms with Gasteiger partial charge in [-0.3, -0.25) is 9.90 Å². The molecule has 1 N–H and O–H groups in total. The Morgan fingerprint density at radius 3 is 2.65 bits per heavy atom. The Hall–Kier alpha value is -2.29. The van der Waals surface area contributed by atoms with Crippen LogP contribution < -0.4 is 5.32 Å². The molecule has 1 aliphatic rings. The molecule has 0 heterocycles. The monoisotopic (exact) mass is 224 g/mol. The van der Waals surface area contributed by atoms with Crippen molar-refractivity contribution in [2.75, 3.05) is 0 Å². The molecule has 3 nitrogen and oxygen atoms in total. The first-order valence-corrected chi connectivity index (χ1v) is 5.42. The first-order chi connectivity index (χ1) is 8.31. The van der Waals surface area contributed by atoms with Gasteiger partial charge in [0.1, 0.15) is 0 Å². The Bertz CT molecular complexity index is 626. The molecule has 0 aromatic heterocycles. The third-order valence-electron chi connectivity index (χ3n) is 3.10. The fourth-order valence-electron chi connectivity index (χ4n) is 2.38. The van der Waals surface area contributed by atoms with Crippen molar-refractivity contribution in [2.45, 2.75) is 6.04 Å². The molecule has 3 heteroatoms. The van der Waals surface area contributed by atoms with E-state index in [4.69, 9.17) is 0 Å². The lowest BCUT2D eigenvalue weighted by Gasteiger charge is -2.21. The average Bonchev–Trinajstić information content (AvgIpc) is 2.35. The molecule has 17 heavy (non-hydrogen) atoms. The molecule has 1 unspecified atom stereocenters. The van der Waals surface area contributed by atoms with E-state index in [1.54, 1.807) is 6.08 Å². The number of carbonyl (C=O) groups excluding carboxylic acids is 1. The highest BCUT2D eigenvalue weighted by atomic mass is 16.3. The summed E-state index contributed by atoms with van der Waals surface area (Å²) in [7, 11) is 0. The smallest absolute Gasteiger partial charge is 0.207 e. The summed E-state index contributed by atoms with van der Waals surface area (Å²) in [6.07, 6.45) is 2.17. The summed E-state index contributed by atoms with van der Waals surface area (Å²) in [6, 6.07) is 11.2. The lowest BCUT2D eigenvalue weighted by atomic mass is 9.89.